The number of rotatable bonds is 14. The molecule has 1 N–H and O–H groups in total. The van der Waals surface area contributed by atoms with Crippen LogP contribution in [0.4, 0.5) is 5.69 Å². The molecule has 1 atom stereocenters. The van der Waals surface area contributed by atoms with Gasteiger partial charge in [0.2, 0.25) is 17.7 Å². The monoisotopic (exact) mass is 852 g/mol. The number of ether oxygens (including phenoxy) is 1. The first-order valence-electron chi connectivity index (χ1n) is 20.4. The summed E-state index contributed by atoms with van der Waals surface area (Å²) < 4.78 is 18.8. The molecule has 3 aliphatic rings. The molecular weight excluding hydrogens is 803 g/mol. The molecular formula is C45H50ClN6O7P. The van der Waals surface area contributed by atoms with Gasteiger partial charge in [0.05, 0.1) is 29.0 Å². The van der Waals surface area contributed by atoms with Crippen molar-refractivity contribution in [3.63, 3.8) is 0 Å². The number of hydrogen-bond acceptors (Lipinski definition) is 10. The van der Waals surface area contributed by atoms with E-state index in [1.54, 1.807) is 38.8 Å². The minimum atomic E-state index is -2.50. The van der Waals surface area contributed by atoms with Crippen molar-refractivity contribution in [3.8, 4) is 5.75 Å². The third kappa shape index (κ3) is 9.17. The van der Waals surface area contributed by atoms with Crippen LogP contribution in [0.3, 0.4) is 0 Å². The first kappa shape index (κ1) is 42.7. The Balaban J connectivity index is 0.899. The topological polar surface area (TPSA) is 159 Å². The highest BCUT2D eigenvalue weighted by Crippen LogP contribution is 2.37. The summed E-state index contributed by atoms with van der Waals surface area (Å²) in [6.07, 6.45) is 6.46. The van der Waals surface area contributed by atoms with E-state index in [-0.39, 0.29) is 30.4 Å². The predicted molar refractivity (Wildman–Crippen MR) is 230 cm³/mol. The lowest BCUT2D eigenvalue weighted by Gasteiger charge is -2.38. The van der Waals surface area contributed by atoms with Crippen LogP contribution in [0.5, 0.6) is 5.75 Å². The van der Waals surface area contributed by atoms with Crippen molar-refractivity contribution in [1.29, 1.82) is 0 Å². The van der Waals surface area contributed by atoms with E-state index < -0.39 is 36.8 Å². The molecule has 1 unspecified atom stereocenters. The molecule has 4 heterocycles. The number of aryl methyl sites for hydroxylation is 1. The van der Waals surface area contributed by atoms with Crippen molar-refractivity contribution in [2.24, 2.45) is 0 Å². The maximum Gasteiger partial charge on any atom is 0.262 e. The van der Waals surface area contributed by atoms with Crippen LogP contribution in [-0.2, 0) is 38.2 Å². The number of carbonyl (C=O) groups excluding carboxylic acids is 5. The van der Waals surface area contributed by atoms with E-state index in [0.29, 0.717) is 66.2 Å². The lowest BCUT2D eigenvalue weighted by molar-refractivity contribution is -0.136. The summed E-state index contributed by atoms with van der Waals surface area (Å²) in [7, 11) is 1.02. The third-order valence-corrected chi connectivity index (χ3v) is 13.7. The van der Waals surface area contributed by atoms with Crippen LogP contribution in [0.2, 0.25) is 5.02 Å². The zero-order valence-electron chi connectivity index (χ0n) is 34.4. The van der Waals surface area contributed by atoms with Gasteiger partial charge in [-0.3, -0.25) is 34.2 Å². The molecule has 0 bridgehead atoms. The molecule has 60 heavy (non-hydrogen) atoms. The first-order valence-corrected chi connectivity index (χ1v) is 23.4. The number of halogens is 1. The second kappa shape index (κ2) is 18.1. The van der Waals surface area contributed by atoms with E-state index in [1.165, 1.54) is 0 Å². The number of imide groups is 2. The highest BCUT2D eigenvalue weighted by atomic mass is 35.5. The Morgan fingerprint density at radius 1 is 0.933 bits per heavy atom. The average molecular weight is 853 g/mol. The van der Waals surface area contributed by atoms with Gasteiger partial charge in [-0.2, -0.15) is 0 Å². The van der Waals surface area contributed by atoms with E-state index in [9.17, 15) is 28.5 Å². The summed E-state index contributed by atoms with van der Waals surface area (Å²) in [5, 5.41) is 3.51. The fourth-order valence-electron chi connectivity index (χ4n) is 8.54. The largest absolute Gasteiger partial charge is 0.496 e. The zero-order valence-corrected chi connectivity index (χ0v) is 36.1. The number of nitrogens with zero attached hydrogens (tertiary/aromatic N) is 5. The Morgan fingerprint density at radius 2 is 1.68 bits per heavy atom. The number of aromatic nitrogens is 2. The van der Waals surface area contributed by atoms with Crippen LogP contribution in [-0.4, -0.2) is 102 Å². The number of benzene rings is 3. The minimum Gasteiger partial charge on any atom is -0.496 e. The van der Waals surface area contributed by atoms with Crippen molar-refractivity contribution in [2.75, 3.05) is 45.5 Å². The number of amides is 5. The molecule has 0 spiro atoms. The van der Waals surface area contributed by atoms with E-state index in [1.807, 2.05) is 54.4 Å². The summed E-state index contributed by atoms with van der Waals surface area (Å²) >= 11 is 6.55. The molecule has 1 aromatic heterocycles. The minimum absolute atomic E-state index is 0.0650. The van der Waals surface area contributed by atoms with Gasteiger partial charge in [-0.15, -0.1) is 0 Å². The molecule has 3 aliphatic heterocycles. The quantitative estimate of drug-likeness (QED) is 0.0933. The fraction of sp³-hybridized carbons (Fsp3) is 0.400. The predicted octanol–water partition coefficient (Wildman–Crippen LogP) is 5.81. The Labute approximate surface area is 355 Å². The van der Waals surface area contributed by atoms with Crippen LogP contribution in [0, 0.1) is 0 Å². The Kier molecular flexibility index (Phi) is 12.9. The highest BCUT2D eigenvalue weighted by Gasteiger charge is 2.45. The van der Waals surface area contributed by atoms with Gasteiger partial charge in [0, 0.05) is 80.7 Å². The number of piperidine rings is 2. The highest BCUT2D eigenvalue weighted by molar-refractivity contribution is 7.70. The molecule has 2 fully saturated rings. The molecule has 314 valence electrons. The van der Waals surface area contributed by atoms with Gasteiger partial charge < -0.3 is 19.1 Å². The number of fused-ring (bicyclic) bond motifs is 1. The van der Waals surface area contributed by atoms with Gasteiger partial charge >= 0.3 is 0 Å². The van der Waals surface area contributed by atoms with Crippen molar-refractivity contribution in [2.45, 2.75) is 76.3 Å². The summed E-state index contributed by atoms with van der Waals surface area (Å²) in [4.78, 5) is 78.5. The number of hydrogen-bond donors (Lipinski definition) is 1. The van der Waals surface area contributed by atoms with E-state index in [0.717, 1.165) is 58.7 Å². The van der Waals surface area contributed by atoms with Crippen molar-refractivity contribution in [1.82, 2.24) is 25.1 Å². The molecule has 15 heteroatoms. The standard InChI is InChI=1S/C45H50ClN6O7P/c1-50(41(54)15-8-6-10-28-12-9-13-33-42(28)45(57)52(44(33)56)36-18-19-40(53)49-43(36)55)31-20-22-51(23-21-31)32-17-16-29(37(26-32)59-2)25-39-47-27-34(46)35(48-39)24-30-11-5-7-14-38(30)60(3,4)58/h5,7,9,11-14,16-17,26-27,31,36H,6,8,10,15,18-25H2,1-4H3,(H,49,53,55). The summed E-state index contributed by atoms with van der Waals surface area (Å²) in [6.45, 7) is 5.09. The zero-order chi connectivity index (χ0) is 42.7. The van der Waals surface area contributed by atoms with Gasteiger partial charge in [0.1, 0.15) is 24.8 Å². The molecule has 0 saturated carbocycles. The number of carbonyl (C=O) groups is 5. The van der Waals surface area contributed by atoms with Gasteiger partial charge in [0.25, 0.3) is 11.8 Å². The molecule has 0 radical (unpaired) electrons. The summed E-state index contributed by atoms with van der Waals surface area (Å²) in [6, 6.07) is 18.1. The Morgan fingerprint density at radius 3 is 2.42 bits per heavy atom. The van der Waals surface area contributed by atoms with E-state index in [4.69, 9.17) is 21.3 Å². The Bertz CT molecular complexity index is 2390. The average Bonchev–Trinajstić information content (AvgIpc) is 3.49. The van der Waals surface area contributed by atoms with E-state index in [2.05, 4.69) is 21.3 Å². The van der Waals surface area contributed by atoms with Crippen molar-refractivity contribution < 1.29 is 33.3 Å². The molecule has 2 saturated heterocycles. The fourth-order valence-corrected chi connectivity index (χ4v) is 9.99. The molecule has 13 nitrogen and oxygen atoms in total. The first-order chi connectivity index (χ1) is 28.7. The maximum atomic E-state index is 13.4. The number of methoxy groups -OCH3 is 1. The SMILES string of the molecule is COc1cc(N2CCC(N(C)C(=O)CCCCc3cccc4c3C(=O)N(C3CCC(=O)NC3=O)C4=O)CC2)ccc1Cc1ncc(Cl)c(Cc2ccccc2P(C)(C)=O)n1. The third-order valence-electron chi connectivity index (χ3n) is 11.8. The summed E-state index contributed by atoms with van der Waals surface area (Å²) in [5.41, 5.74) is 4.87. The van der Waals surface area contributed by atoms with Crippen LogP contribution in [0.1, 0.15) is 93.9 Å². The smallest absolute Gasteiger partial charge is 0.262 e. The summed E-state index contributed by atoms with van der Waals surface area (Å²) in [5.74, 6) is -0.678. The molecule has 0 aliphatic carbocycles. The Hall–Kier alpha value is -5.39. The molecule has 7 rings (SSSR count). The van der Waals surface area contributed by atoms with Gasteiger partial charge in [-0.05, 0) is 75.1 Å². The number of nitrogens with one attached hydrogen (secondary N) is 1. The van der Waals surface area contributed by atoms with Gasteiger partial charge in [-0.25, -0.2) is 9.97 Å². The van der Waals surface area contributed by atoms with Crippen LogP contribution in [0.25, 0.3) is 0 Å². The molecule has 4 aromatic rings. The lowest BCUT2D eigenvalue weighted by Crippen LogP contribution is -2.54. The van der Waals surface area contributed by atoms with Gasteiger partial charge in [-0.1, -0.05) is 54.1 Å². The second-order valence-electron chi connectivity index (χ2n) is 16.1. The van der Waals surface area contributed by atoms with Gasteiger partial charge in [0.15, 0.2) is 0 Å². The van der Waals surface area contributed by atoms with Crippen LogP contribution >= 0.6 is 18.7 Å². The number of unbranched alkanes of at least 4 members (excludes halogenated alkanes) is 1. The van der Waals surface area contributed by atoms with Crippen molar-refractivity contribution in [3.05, 3.63) is 111 Å². The van der Waals surface area contributed by atoms with Crippen LogP contribution in [0.15, 0.2) is 66.9 Å². The number of anilines is 1. The molecule has 3 aromatic carbocycles. The van der Waals surface area contributed by atoms with Crippen LogP contribution < -0.4 is 20.3 Å². The normalized spacial score (nSPS) is 17.2. The molecule has 5 amide bonds. The maximum absolute atomic E-state index is 13.4. The second-order valence-corrected chi connectivity index (χ2v) is 19.7. The van der Waals surface area contributed by atoms with E-state index >= 15 is 0 Å². The lowest BCUT2D eigenvalue weighted by atomic mass is 9.97. The van der Waals surface area contributed by atoms with Crippen molar-refractivity contribution >= 4 is 59.3 Å².